The van der Waals surface area contributed by atoms with Gasteiger partial charge in [0.2, 0.25) is 5.91 Å². The van der Waals surface area contributed by atoms with Crippen LogP contribution in [0.15, 0.2) is 24.3 Å². The number of nitrogens with one attached hydrogen (secondary N) is 2. The minimum atomic E-state index is 0.0341. The van der Waals surface area contributed by atoms with E-state index in [0.29, 0.717) is 25.3 Å². The summed E-state index contributed by atoms with van der Waals surface area (Å²) in [7, 11) is 0. The number of carbonyl (C=O) groups excluding carboxylic acids is 1. The van der Waals surface area contributed by atoms with Crippen molar-refractivity contribution in [3.8, 4) is 0 Å². The summed E-state index contributed by atoms with van der Waals surface area (Å²) in [6, 6.07) is 7.84. The van der Waals surface area contributed by atoms with Gasteiger partial charge in [-0.3, -0.25) is 4.79 Å². The molecule has 0 aliphatic heterocycles. The Morgan fingerprint density at radius 3 is 2.95 bits per heavy atom. The molecule has 5 nitrogen and oxygen atoms in total. The van der Waals surface area contributed by atoms with E-state index in [-0.39, 0.29) is 12.5 Å². The molecule has 0 saturated carbocycles. The highest BCUT2D eigenvalue weighted by molar-refractivity contribution is 5.77. The molecule has 1 heterocycles. The molecule has 2 aromatic rings. The first-order valence-electron chi connectivity index (χ1n) is 7.54. The van der Waals surface area contributed by atoms with Crippen molar-refractivity contribution >= 4 is 16.9 Å². The van der Waals surface area contributed by atoms with E-state index in [1.165, 1.54) is 0 Å². The fraction of sp³-hybridized carbons (Fsp3) is 0.500. The summed E-state index contributed by atoms with van der Waals surface area (Å²) in [6.45, 7) is 2.88. The maximum atomic E-state index is 11.8. The highest BCUT2D eigenvalue weighted by atomic mass is 16.3. The van der Waals surface area contributed by atoms with Gasteiger partial charge in [-0.25, -0.2) is 4.98 Å². The van der Waals surface area contributed by atoms with Crippen LogP contribution in [0.5, 0.6) is 0 Å². The number of hydrogen-bond acceptors (Lipinski definition) is 3. The molecule has 114 valence electrons. The van der Waals surface area contributed by atoms with Gasteiger partial charge in [0.15, 0.2) is 0 Å². The van der Waals surface area contributed by atoms with E-state index >= 15 is 0 Å². The minimum Gasteiger partial charge on any atom is -0.396 e. The number of aliphatic hydroxyl groups is 1. The number of para-hydroxylation sites is 2. The maximum Gasteiger partial charge on any atom is 0.220 e. The van der Waals surface area contributed by atoms with Gasteiger partial charge < -0.3 is 15.4 Å². The fourth-order valence-electron chi connectivity index (χ4n) is 2.34. The fourth-order valence-corrected chi connectivity index (χ4v) is 2.34. The molecule has 0 spiro atoms. The Labute approximate surface area is 124 Å². The van der Waals surface area contributed by atoms with E-state index in [1.54, 1.807) is 0 Å². The van der Waals surface area contributed by atoms with Crippen LogP contribution in [0, 0.1) is 5.92 Å². The molecule has 21 heavy (non-hydrogen) atoms. The third-order valence-corrected chi connectivity index (χ3v) is 3.73. The monoisotopic (exact) mass is 289 g/mol. The number of rotatable bonds is 8. The number of amides is 1. The zero-order valence-electron chi connectivity index (χ0n) is 12.4. The van der Waals surface area contributed by atoms with Crippen LogP contribution >= 0.6 is 0 Å². The lowest BCUT2D eigenvalue weighted by Gasteiger charge is -2.14. The second-order valence-corrected chi connectivity index (χ2v) is 5.29. The van der Waals surface area contributed by atoms with Crippen LogP contribution in [0.1, 0.15) is 32.0 Å². The first-order chi connectivity index (χ1) is 10.2. The van der Waals surface area contributed by atoms with Crippen LogP contribution in [-0.4, -0.2) is 34.1 Å². The number of aromatic nitrogens is 2. The highest BCUT2D eigenvalue weighted by Gasteiger charge is 2.09. The Morgan fingerprint density at radius 2 is 2.24 bits per heavy atom. The van der Waals surface area contributed by atoms with E-state index in [1.807, 2.05) is 24.3 Å². The van der Waals surface area contributed by atoms with Crippen molar-refractivity contribution in [3.63, 3.8) is 0 Å². The number of nitrogens with zero attached hydrogens (tertiary/aromatic N) is 1. The standard InChI is InChI=1S/C16H23N3O2/c1-2-12(9-10-20)11-17-16(21)8-7-15-18-13-5-3-4-6-14(13)19-15/h3-6,12,20H,2,7-11H2,1H3,(H,17,21)(H,18,19). The number of carbonyl (C=O) groups is 1. The van der Waals surface area contributed by atoms with Gasteiger partial charge in [-0.15, -0.1) is 0 Å². The van der Waals surface area contributed by atoms with Crippen molar-refractivity contribution in [3.05, 3.63) is 30.1 Å². The van der Waals surface area contributed by atoms with Crippen LogP contribution in [0.25, 0.3) is 11.0 Å². The first kappa shape index (κ1) is 15.5. The summed E-state index contributed by atoms with van der Waals surface area (Å²) < 4.78 is 0. The first-order valence-corrected chi connectivity index (χ1v) is 7.54. The number of aryl methyl sites for hydroxylation is 1. The lowest BCUT2D eigenvalue weighted by atomic mass is 10.0. The highest BCUT2D eigenvalue weighted by Crippen LogP contribution is 2.11. The summed E-state index contributed by atoms with van der Waals surface area (Å²) >= 11 is 0. The third kappa shape index (κ3) is 4.56. The number of benzene rings is 1. The second-order valence-electron chi connectivity index (χ2n) is 5.29. The second kappa shape index (κ2) is 7.78. The van der Waals surface area contributed by atoms with Crippen molar-refractivity contribution in [2.24, 2.45) is 5.92 Å². The molecule has 3 N–H and O–H groups in total. The van der Waals surface area contributed by atoms with Gasteiger partial charge in [0.1, 0.15) is 5.82 Å². The van der Waals surface area contributed by atoms with E-state index in [2.05, 4.69) is 22.2 Å². The van der Waals surface area contributed by atoms with E-state index < -0.39 is 0 Å². The molecule has 5 heteroatoms. The van der Waals surface area contributed by atoms with Crippen LogP contribution in [0.2, 0.25) is 0 Å². The van der Waals surface area contributed by atoms with Gasteiger partial charge in [0.25, 0.3) is 0 Å². The van der Waals surface area contributed by atoms with E-state index in [0.717, 1.165) is 29.7 Å². The van der Waals surface area contributed by atoms with Gasteiger partial charge in [0, 0.05) is 26.0 Å². The zero-order chi connectivity index (χ0) is 15.1. The average Bonchev–Trinajstić information content (AvgIpc) is 2.92. The van der Waals surface area contributed by atoms with Crippen LogP contribution in [0.4, 0.5) is 0 Å². The normalized spacial score (nSPS) is 12.5. The Hall–Kier alpha value is -1.88. The molecule has 1 aromatic heterocycles. The van der Waals surface area contributed by atoms with Crippen molar-refractivity contribution < 1.29 is 9.90 Å². The molecule has 1 atom stereocenters. The van der Waals surface area contributed by atoms with Crippen molar-refractivity contribution in [2.45, 2.75) is 32.6 Å². The quantitative estimate of drug-likeness (QED) is 0.695. The predicted octanol–water partition coefficient (Wildman–Crippen LogP) is 2.02. The smallest absolute Gasteiger partial charge is 0.220 e. The lowest BCUT2D eigenvalue weighted by molar-refractivity contribution is -0.121. The average molecular weight is 289 g/mol. The molecule has 0 fully saturated rings. The number of imidazole rings is 1. The Morgan fingerprint density at radius 1 is 1.43 bits per heavy atom. The van der Waals surface area contributed by atoms with Crippen molar-refractivity contribution in [1.82, 2.24) is 15.3 Å². The molecule has 0 aliphatic carbocycles. The number of fused-ring (bicyclic) bond motifs is 1. The molecule has 1 aromatic carbocycles. The predicted molar refractivity (Wildman–Crippen MR) is 82.9 cm³/mol. The molecule has 1 amide bonds. The number of hydrogen-bond donors (Lipinski definition) is 3. The van der Waals surface area contributed by atoms with Gasteiger partial charge in [0.05, 0.1) is 11.0 Å². The molecular formula is C16H23N3O2. The molecule has 0 saturated heterocycles. The largest absolute Gasteiger partial charge is 0.396 e. The van der Waals surface area contributed by atoms with Gasteiger partial charge >= 0.3 is 0 Å². The van der Waals surface area contributed by atoms with Crippen molar-refractivity contribution in [2.75, 3.05) is 13.2 Å². The lowest BCUT2D eigenvalue weighted by Crippen LogP contribution is -2.29. The molecular weight excluding hydrogens is 266 g/mol. The topological polar surface area (TPSA) is 78.0 Å². The Bertz CT molecular complexity index is 547. The van der Waals surface area contributed by atoms with Crippen LogP contribution in [0.3, 0.4) is 0 Å². The summed E-state index contributed by atoms with van der Waals surface area (Å²) in [5.41, 5.74) is 1.93. The van der Waals surface area contributed by atoms with Gasteiger partial charge in [-0.1, -0.05) is 25.5 Å². The molecule has 0 bridgehead atoms. The summed E-state index contributed by atoms with van der Waals surface area (Å²) in [4.78, 5) is 19.5. The summed E-state index contributed by atoms with van der Waals surface area (Å²) in [6.07, 6.45) is 2.73. The Balaban J connectivity index is 1.78. The molecule has 1 unspecified atom stereocenters. The van der Waals surface area contributed by atoms with Crippen molar-refractivity contribution in [1.29, 1.82) is 0 Å². The van der Waals surface area contributed by atoms with E-state index in [9.17, 15) is 4.79 Å². The molecule has 0 radical (unpaired) electrons. The third-order valence-electron chi connectivity index (χ3n) is 3.73. The molecule has 0 aliphatic rings. The minimum absolute atomic E-state index is 0.0341. The summed E-state index contributed by atoms with van der Waals surface area (Å²) in [5, 5.41) is 11.9. The SMILES string of the molecule is CCC(CCO)CNC(=O)CCc1nc2ccccc2[nH]1. The van der Waals surface area contributed by atoms with Gasteiger partial charge in [-0.05, 0) is 24.5 Å². The zero-order valence-corrected chi connectivity index (χ0v) is 12.4. The number of H-pyrrole nitrogens is 1. The van der Waals surface area contributed by atoms with Crippen LogP contribution < -0.4 is 5.32 Å². The van der Waals surface area contributed by atoms with Crippen LogP contribution in [-0.2, 0) is 11.2 Å². The summed E-state index contributed by atoms with van der Waals surface area (Å²) in [5.74, 6) is 1.23. The number of aromatic amines is 1. The number of aliphatic hydroxyl groups excluding tert-OH is 1. The van der Waals surface area contributed by atoms with E-state index in [4.69, 9.17) is 5.11 Å². The molecule has 2 rings (SSSR count). The maximum absolute atomic E-state index is 11.8. The van der Waals surface area contributed by atoms with Gasteiger partial charge in [-0.2, -0.15) is 0 Å². The Kier molecular flexibility index (Phi) is 5.75.